The Hall–Kier alpha value is -4.81. The van der Waals surface area contributed by atoms with Gasteiger partial charge in [0.2, 0.25) is 0 Å². The van der Waals surface area contributed by atoms with Gasteiger partial charge in [-0.2, -0.15) is 0 Å². The number of hydrogen-bond acceptors (Lipinski definition) is 15. The number of carbonyl (C=O) groups is 1. The topological polar surface area (TPSA) is 194 Å². The van der Waals surface area contributed by atoms with Crippen LogP contribution in [0.4, 0.5) is 26.3 Å². The third-order valence-electron chi connectivity index (χ3n) is 9.03. The molecule has 15 nitrogen and oxygen atoms in total. The van der Waals surface area contributed by atoms with Crippen LogP contribution in [0.25, 0.3) is 10.2 Å². The number of hydrogen-bond donors (Lipinski definition) is 3. The highest BCUT2D eigenvalue weighted by Crippen LogP contribution is 2.34. The lowest BCUT2D eigenvalue weighted by Crippen LogP contribution is -2.46. The van der Waals surface area contributed by atoms with Crippen LogP contribution in [0.2, 0.25) is 0 Å². The Morgan fingerprint density at radius 2 is 1.86 bits per heavy atom. The molecule has 1 atom stereocenters. The summed E-state index contributed by atoms with van der Waals surface area (Å²) in [6.45, 7) is 3.58. The van der Waals surface area contributed by atoms with Crippen molar-refractivity contribution in [1.82, 2.24) is 25.1 Å². The molecule has 0 spiro atoms. The Labute approximate surface area is 351 Å². The third-order valence-corrected chi connectivity index (χ3v) is 11.9. The molecule has 0 amide bonds. The lowest BCUT2D eigenvalue weighted by Gasteiger charge is -2.32. The highest BCUT2D eigenvalue weighted by molar-refractivity contribution is 7.85. The van der Waals surface area contributed by atoms with Gasteiger partial charge in [-0.25, -0.2) is 27.6 Å². The van der Waals surface area contributed by atoms with Crippen LogP contribution in [0.15, 0.2) is 48.5 Å². The molecule has 3 heterocycles. The number of quaternary nitrogens is 1. The summed E-state index contributed by atoms with van der Waals surface area (Å²) in [5, 5.41) is 34.4. The molecule has 0 fully saturated rings. The number of aliphatic hydroxyl groups excluding tert-OH is 1. The van der Waals surface area contributed by atoms with Crippen LogP contribution >= 0.6 is 22.7 Å². The molecule has 3 N–H and O–H groups in total. The number of carboxylic acid groups (broad SMARTS) is 1. The van der Waals surface area contributed by atoms with Gasteiger partial charge in [0.25, 0.3) is 0 Å². The van der Waals surface area contributed by atoms with Crippen LogP contribution in [0.1, 0.15) is 52.2 Å². The highest BCUT2D eigenvalue weighted by Gasteiger charge is 2.25. The van der Waals surface area contributed by atoms with Gasteiger partial charge in [-0.1, -0.05) is 35.3 Å². The Morgan fingerprint density at radius 3 is 2.56 bits per heavy atom. The summed E-state index contributed by atoms with van der Waals surface area (Å²) in [7, 11) is 3.19. The first-order valence-corrected chi connectivity index (χ1v) is 22.1. The number of anilines is 4. The number of aryl methyl sites for hydroxylation is 2. The number of rotatable bonds is 21. The maximum absolute atomic E-state index is 14.8. The molecule has 0 aliphatic rings. The van der Waals surface area contributed by atoms with Crippen LogP contribution in [-0.2, 0) is 16.5 Å². The number of carboxylic acids is 1. The summed E-state index contributed by atoms with van der Waals surface area (Å²) in [4.78, 5) is 25.8. The normalized spacial score (nSPS) is 12.4. The van der Waals surface area contributed by atoms with Crippen molar-refractivity contribution in [3.63, 3.8) is 0 Å². The number of aromatic nitrogens is 4. The number of likely N-dealkylation sites (N-methyl/N-ethyl adjacent to an activating group) is 1. The lowest BCUT2D eigenvalue weighted by atomic mass is 10.1. The number of aliphatic hydroxyl groups is 1. The number of fused-ring (bicyclic) bond motifs is 1. The van der Waals surface area contributed by atoms with E-state index in [-0.39, 0.29) is 24.5 Å². The van der Waals surface area contributed by atoms with Crippen molar-refractivity contribution >= 4 is 70.9 Å². The maximum Gasteiger partial charge on any atom is 0.355 e. The molecule has 0 saturated carbocycles. The fourth-order valence-electron chi connectivity index (χ4n) is 6.17. The van der Waals surface area contributed by atoms with E-state index in [1.807, 2.05) is 70.3 Å². The lowest BCUT2D eigenvalue weighted by molar-refractivity contribution is -0.893. The molecule has 0 bridgehead atoms. The number of thiazole rings is 2. The second-order valence-corrected chi connectivity index (χ2v) is 18.6. The van der Waals surface area contributed by atoms with Crippen molar-refractivity contribution in [1.29, 1.82) is 0 Å². The number of halogens is 1. The van der Waals surface area contributed by atoms with E-state index >= 15 is 0 Å². The Morgan fingerprint density at radius 1 is 1.08 bits per heavy atom. The average molecular weight is 869 g/mol. The van der Waals surface area contributed by atoms with Crippen LogP contribution in [0.3, 0.4) is 0 Å². The van der Waals surface area contributed by atoms with Gasteiger partial charge in [-0.05, 0) is 88.7 Å². The summed E-state index contributed by atoms with van der Waals surface area (Å²) < 4.78 is 55.1. The first-order chi connectivity index (χ1) is 28.0. The van der Waals surface area contributed by atoms with Crippen molar-refractivity contribution in [2.75, 3.05) is 76.9 Å². The monoisotopic (exact) mass is 868 g/mol. The van der Waals surface area contributed by atoms with Gasteiger partial charge < -0.3 is 34.2 Å². The molecule has 59 heavy (non-hydrogen) atoms. The first-order valence-electron chi connectivity index (χ1n) is 18.9. The van der Waals surface area contributed by atoms with Gasteiger partial charge in [0.05, 0.1) is 54.1 Å². The molecule has 316 valence electrons. The molecule has 1 unspecified atom stereocenters. The molecule has 5 rings (SSSR count). The molecule has 0 aliphatic carbocycles. The van der Waals surface area contributed by atoms with Gasteiger partial charge in [0.15, 0.2) is 39.2 Å². The van der Waals surface area contributed by atoms with Gasteiger partial charge >= 0.3 is 5.97 Å². The van der Waals surface area contributed by atoms with E-state index in [1.165, 1.54) is 34.8 Å². The molecule has 19 heteroatoms. The molecule has 3 aromatic heterocycles. The zero-order valence-electron chi connectivity index (χ0n) is 33.6. The fraction of sp³-hybridized carbons (Fsp3) is 0.425. The SMILES string of the molecule is Cc1cc(N(CCCC(O)C[N+](C)(C)CCCS(=O)(=O)[O-])c2nc(C(=O)O)c(CCCOc3ccc(C#CCN(C)C)cc3F)s2)nnc1Nc1nc2ccccc2s1. The predicted octanol–water partition coefficient (Wildman–Crippen LogP) is 5.65. The van der Waals surface area contributed by atoms with Crippen LogP contribution in [0, 0.1) is 24.6 Å². The second kappa shape index (κ2) is 20.4. The van der Waals surface area contributed by atoms with Crippen molar-refractivity contribution in [2.24, 2.45) is 0 Å². The zero-order valence-corrected chi connectivity index (χ0v) is 36.1. The van der Waals surface area contributed by atoms with Gasteiger partial charge in [-0.3, -0.25) is 4.90 Å². The molecular weight excluding hydrogens is 820 g/mol. The minimum absolute atomic E-state index is 0.0765. The van der Waals surface area contributed by atoms with Crippen molar-refractivity contribution in [3.05, 3.63) is 76.0 Å². The molecule has 0 saturated heterocycles. The van der Waals surface area contributed by atoms with Crippen LogP contribution < -0.4 is 15.0 Å². The molecule has 5 aromatic rings. The zero-order chi connectivity index (χ0) is 42.7. The second-order valence-electron chi connectivity index (χ2n) is 15.0. The van der Waals surface area contributed by atoms with Gasteiger partial charge in [-0.15, -0.1) is 21.5 Å². The predicted molar refractivity (Wildman–Crippen MR) is 228 cm³/mol. The quantitative estimate of drug-likeness (QED) is 0.0355. The standard InChI is InChI=1S/C40H49FN8O7S3/c1-27-24-35(45-46-37(27)44-39-42-31-14-6-7-15-33(31)57-39)48(20-9-13-29(50)26-49(4,5)21-11-23-59(53,54)55)40-43-36(38(51)52)34(58-40)16-10-22-56-32-18-17-28(25-30(32)41)12-8-19-47(2)3/h6-7,14-15,17-18,24-25,29,50H,9-11,13,16,19-23,26H2,1-5H3,(H2-,42,44,46,51,52,53,54,55). The number of nitrogens with zero attached hydrogens (tertiary/aromatic N) is 7. The maximum atomic E-state index is 14.8. The Bertz CT molecular complexity index is 2360. The van der Waals surface area contributed by atoms with Crippen molar-refractivity contribution in [3.8, 4) is 17.6 Å². The van der Waals surface area contributed by atoms with E-state index in [0.717, 1.165) is 15.8 Å². The van der Waals surface area contributed by atoms with E-state index < -0.39 is 33.8 Å². The summed E-state index contributed by atoms with van der Waals surface area (Å²) in [6.07, 6.45) is 0.948. The first kappa shape index (κ1) is 45.3. The highest BCUT2D eigenvalue weighted by atomic mass is 32.2. The summed E-state index contributed by atoms with van der Waals surface area (Å²) >= 11 is 2.69. The minimum Gasteiger partial charge on any atom is -0.748 e. The van der Waals surface area contributed by atoms with Gasteiger partial charge in [0, 0.05) is 29.2 Å². The molecule has 0 aliphatic heterocycles. The van der Waals surface area contributed by atoms with E-state index in [9.17, 15) is 32.4 Å². The van der Waals surface area contributed by atoms with Crippen LogP contribution in [-0.4, -0.2) is 132 Å². The van der Waals surface area contributed by atoms with E-state index in [1.54, 1.807) is 11.0 Å². The Balaban J connectivity index is 1.30. The fourth-order valence-corrected chi connectivity index (χ4v) is 8.65. The molecule has 2 aromatic carbocycles. The molecular formula is C40H49FN8O7S3. The third kappa shape index (κ3) is 13.9. The minimum atomic E-state index is -4.32. The number of ether oxygens (including phenoxy) is 1. The number of benzene rings is 2. The summed E-state index contributed by atoms with van der Waals surface area (Å²) in [6, 6.07) is 14.1. The number of nitrogens with one attached hydrogen (secondary N) is 1. The van der Waals surface area contributed by atoms with Crippen molar-refractivity contribution in [2.45, 2.75) is 45.1 Å². The summed E-state index contributed by atoms with van der Waals surface area (Å²) in [5.74, 6) is 4.70. The smallest absolute Gasteiger partial charge is 0.355 e. The van der Waals surface area contributed by atoms with E-state index in [4.69, 9.17) is 4.74 Å². The number of para-hydroxylation sites is 1. The average Bonchev–Trinajstić information content (AvgIpc) is 3.76. The molecule has 0 radical (unpaired) electrons. The Kier molecular flexibility index (Phi) is 15.7. The van der Waals surface area contributed by atoms with Crippen molar-refractivity contribution < 1.29 is 41.6 Å². The van der Waals surface area contributed by atoms with Crippen LogP contribution in [0.5, 0.6) is 5.75 Å². The van der Waals surface area contributed by atoms with E-state index in [0.29, 0.717) is 88.7 Å². The number of aromatic carboxylic acids is 1. The summed E-state index contributed by atoms with van der Waals surface area (Å²) in [5.41, 5.74) is 2.04. The largest absolute Gasteiger partial charge is 0.748 e. The van der Waals surface area contributed by atoms with E-state index in [2.05, 4.69) is 37.3 Å². The van der Waals surface area contributed by atoms with Gasteiger partial charge in [0.1, 0.15) is 12.6 Å².